The summed E-state index contributed by atoms with van der Waals surface area (Å²) in [6.07, 6.45) is 0. The highest BCUT2D eigenvalue weighted by atomic mass is 32.2. The summed E-state index contributed by atoms with van der Waals surface area (Å²) >= 11 is 1.22. The molecule has 180 valence electrons. The number of carbonyl (C=O) groups is 1. The summed E-state index contributed by atoms with van der Waals surface area (Å²) in [5.74, 6) is -0.306. The van der Waals surface area contributed by atoms with Gasteiger partial charge < -0.3 is 5.73 Å². The van der Waals surface area contributed by atoms with Gasteiger partial charge in [-0.3, -0.25) is 4.79 Å². The Labute approximate surface area is 211 Å². The molecule has 36 heavy (non-hydrogen) atoms. The normalized spacial score (nSPS) is 11.5. The summed E-state index contributed by atoms with van der Waals surface area (Å²) in [7, 11) is -3.93. The molecule has 2 aromatic carbocycles. The van der Waals surface area contributed by atoms with Crippen molar-refractivity contribution in [1.29, 1.82) is 0 Å². The van der Waals surface area contributed by atoms with Crippen molar-refractivity contribution in [3.63, 3.8) is 0 Å². The Morgan fingerprint density at radius 2 is 1.56 bits per heavy atom. The van der Waals surface area contributed by atoms with E-state index in [1.54, 1.807) is 19.9 Å². The first-order valence-electron chi connectivity index (χ1n) is 11.0. The lowest BCUT2D eigenvalue weighted by atomic mass is 10.1. The number of ketones is 1. The van der Waals surface area contributed by atoms with Crippen molar-refractivity contribution in [2.75, 3.05) is 10.5 Å². The van der Waals surface area contributed by atoms with Gasteiger partial charge in [0.15, 0.2) is 0 Å². The Morgan fingerprint density at radius 3 is 2.22 bits per heavy atom. The number of sulfonamides is 1. The van der Waals surface area contributed by atoms with Crippen LogP contribution in [-0.4, -0.2) is 29.2 Å². The van der Waals surface area contributed by atoms with Gasteiger partial charge >= 0.3 is 0 Å². The SMILES string of the molecule is Cc1cc(C)nc(NS(=O)(=O)c2ccc(C(=O)c3sc4nc(-c5ccccc5)ccc4c3N)cc2)n1. The predicted molar refractivity (Wildman–Crippen MR) is 142 cm³/mol. The molecule has 0 aliphatic carbocycles. The number of pyridine rings is 1. The highest BCUT2D eigenvalue weighted by Gasteiger charge is 2.21. The van der Waals surface area contributed by atoms with Gasteiger partial charge in [0, 0.05) is 27.9 Å². The maximum Gasteiger partial charge on any atom is 0.264 e. The summed E-state index contributed by atoms with van der Waals surface area (Å²) in [4.78, 5) is 27.2. The molecule has 0 aliphatic heterocycles. The molecule has 0 radical (unpaired) electrons. The second-order valence-electron chi connectivity index (χ2n) is 8.19. The molecule has 3 aromatic heterocycles. The van der Waals surface area contributed by atoms with Gasteiger partial charge in [0.05, 0.1) is 16.3 Å². The van der Waals surface area contributed by atoms with Gasteiger partial charge in [-0.15, -0.1) is 11.3 Å². The number of nitrogens with two attached hydrogens (primary N) is 1. The molecule has 8 nitrogen and oxygen atoms in total. The maximum atomic E-state index is 13.2. The highest BCUT2D eigenvalue weighted by molar-refractivity contribution is 7.92. The smallest absolute Gasteiger partial charge is 0.264 e. The van der Waals surface area contributed by atoms with E-state index in [4.69, 9.17) is 5.73 Å². The molecule has 0 unspecified atom stereocenters. The number of hydrogen-bond acceptors (Lipinski definition) is 8. The number of aryl methyl sites for hydroxylation is 2. The summed E-state index contributed by atoms with van der Waals surface area (Å²) in [6, 6.07) is 20.9. The number of aromatic nitrogens is 3. The third-order valence-electron chi connectivity index (χ3n) is 5.50. The molecular formula is C26H21N5O3S2. The predicted octanol–water partition coefficient (Wildman–Crippen LogP) is 4.98. The van der Waals surface area contributed by atoms with E-state index in [0.717, 1.165) is 11.3 Å². The zero-order valence-electron chi connectivity index (χ0n) is 19.4. The number of anilines is 2. The van der Waals surface area contributed by atoms with Crippen LogP contribution in [0.25, 0.3) is 21.5 Å². The van der Waals surface area contributed by atoms with E-state index < -0.39 is 10.0 Å². The molecule has 3 heterocycles. The summed E-state index contributed by atoms with van der Waals surface area (Å²) in [5, 5.41) is 0.708. The quantitative estimate of drug-likeness (QED) is 0.305. The number of carbonyl (C=O) groups excluding carboxylic acids is 1. The Kier molecular flexibility index (Phi) is 5.99. The lowest BCUT2D eigenvalue weighted by Gasteiger charge is -2.08. The summed E-state index contributed by atoms with van der Waals surface area (Å²) < 4.78 is 28.0. The van der Waals surface area contributed by atoms with Gasteiger partial charge in [-0.1, -0.05) is 30.3 Å². The molecule has 5 aromatic rings. The highest BCUT2D eigenvalue weighted by Crippen LogP contribution is 2.35. The lowest BCUT2D eigenvalue weighted by molar-refractivity contribution is 0.104. The van der Waals surface area contributed by atoms with Gasteiger partial charge in [0.1, 0.15) is 9.71 Å². The van der Waals surface area contributed by atoms with Crippen LogP contribution in [-0.2, 0) is 10.0 Å². The van der Waals surface area contributed by atoms with Crippen molar-refractivity contribution >= 4 is 49.0 Å². The Balaban J connectivity index is 1.42. The number of nitrogens with one attached hydrogen (secondary N) is 1. The van der Waals surface area contributed by atoms with E-state index in [2.05, 4.69) is 19.7 Å². The van der Waals surface area contributed by atoms with Gasteiger partial charge in [0.2, 0.25) is 11.7 Å². The molecule has 0 saturated carbocycles. The van der Waals surface area contributed by atoms with Crippen LogP contribution in [0.15, 0.2) is 77.7 Å². The first-order valence-corrected chi connectivity index (χ1v) is 13.3. The molecule has 5 rings (SSSR count). The number of thiophene rings is 1. The van der Waals surface area contributed by atoms with Crippen molar-refractivity contribution in [1.82, 2.24) is 15.0 Å². The van der Waals surface area contributed by atoms with Gasteiger partial charge in [-0.05, 0) is 56.3 Å². The lowest BCUT2D eigenvalue weighted by Crippen LogP contribution is -2.16. The molecule has 0 bridgehead atoms. The van der Waals surface area contributed by atoms with Crippen molar-refractivity contribution in [3.05, 3.63) is 94.6 Å². The van der Waals surface area contributed by atoms with Crippen LogP contribution in [0.3, 0.4) is 0 Å². The minimum atomic E-state index is -3.93. The van der Waals surface area contributed by atoms with Crippen LogP contribution >= 0.6 is 11.3 Å². The maximum absolute atomic E-state index is 13.2. The fraction of sp³-hybridized carbons (Fsp3) is 0.0769. The van der Waals surface area contributed by atoms with Gasteiger partial charge in [-0.25, -0.2) is 28.1 Å². The van der Waals surface area contributed by atoms with Crippen molar-refractivity contribution in [2.45, 2.75) is 18.7 Å². The molecule has 0 fully saturated rings. The third-order valence-corrected chi connectivity index (χ3v) is 7.96. The minimum absolute atomic E-state index is 0.00641. The second-order valence-corrected chi connectivity index (χ2v) is 10.9. The minimum Gasteiger partial charge on any atom is -0.397 e. The van der Waals surface area contributed by atoms with Crippen LogP contribution in [0.2, 0.25) is 0 Å². The standard InChI is InChI=1S/C26H21N5O3S2/c1-15-14-16(2)29-26(28-15)31-36(33,34)19-10-8-18(9-11-19)23(32)24-22(27)20-12-13-21(30-25(20)35-24)17-6-4-3-5-7-17/h3-14H,27H2,1-2H3,(H,28,29,31). The fourth-order valence-corrected chi connectivity index (χ4v) is 5.80. The van der Waals surface area contributed by atoms with Crippen LogP contribution in [0.5, 0.6) is 0 Å². The van der Waals surface area contributed by atoms with Crippen LogP contribution in [0, 0.1) is 13.8 Å². The zero-order chi connectivity index (χ0) is 25.4. The number of hydrogen-bond donors (Lipinski definition) is 2. The molecule has 10 heteroatoms. The van der Waals surface area contributed by atoms with Crippen molar-refractivity contribution in [3.8, 4) is 11.3 Å². The van der Waals surface area contributed by atoms with Crippen molar-refractivity contribution < 1.29 is 13.2 Å². The molecule has 0 spiro atoms. The molecular weight excluding hydrogens is 494 g/mol. The second kappa shape index (κ2) is 9.14. The molecule has 0 amide bonds. The number of nitrogens with zero attached hydrogens (tertiary/aromatic N) is 3. The average molecular weight is 516 g/mol. The number of rotatable bonds is 6. The molecule has 0 aliphatic rings. The van der Waals surface area contributed by atoms with Crippen LogP contribution in [0.1, 0.15) is 26.6 Å². The van der Waals surface area contributed by atoms with Gasteiger partial charge in [0.25, 0.3) is 10.0 Å². The van der Waals surface area contributed by atoms with Crippen molar-refractivity contribution in [2.24, 2.45) is 0 Å². The average Bonchev–Trinajstić information content (AvgIpc) is 3.19. The monoisotopic (exact) mass is 515 g/mol. The molecule has 0 atom stereocenters. The summed E-state index contributed by atoms with van der Waals surface area (Å²) in [6.45, 7) is 3.51. The van der Waals surface area contributed by atoms with E-state index in [1.165, 1.54) is 35.6 Å². The number of benzene rings is 2. The topological polar surface area (TPSA) is 128 Å². The first-order chi connectivity index (χ1) is 17.2. The largest absolute Gasteiger partial charge is 0.397 e. The molecule has 0 saturated heterocycles. The van der Waals surface area contributed by atoms with E-state index in [-0.39, 0.29) is 16.6 Å². The summed E-state index contributed by atoms with van der Waals surface area (Å²) in [5.41, 5.74) is 10.0. The third kappa shape index (κ3) is 4.56. The van der Waals surface area contributed by atoms with E-state index >= 15 is 0 Å². The van der Waals surface area contributed by atoms with E-state index in [0.29, 0.717) is 37.7 Å². The fourth-order valence-electron chi connectivity index (χ4n) is 3.80. The zero-order valence-corrected chi connectivity index (χ0v) is 21.0. The van der Waals surface area contributed by atoms with E-state index in [9.17, 15) is 13.2 Å². The molecule has 3 N–H and O–H groups in total. The number of fused-ring (bicyclic) bond motifs is 1. The van der Waals surface area contributed by atoms with Gasteiger partial charge in [-0.2, -0.15) is 0 Å². The van der Waals surface area contributed by atoms with Crippen LogP contribution in [0.4, 0.5) is 11.6 Å². The Hall–Kier alpha value is -4.15. The Bertz CT molecular complexity index is 1690. The Morgan fingerprint density at radius 1 is 0.889 bits per heavy atom. The first kappa shape index (κ1) is 23.6. The van der Waals surface area contributed by atoms with E-state index in [1.807, 2.05) is 42.5 Å². The number of nitrogen functional groups attached to an aromatic ring is 1. The van der Waals surface area contributed by atoms with Crippen LogP contribution < -0.4 is 10.5 Å².